The Kier molecular flexibility index (Phi) is 9.54. The van der Waals surface area contributed by atoms with Gasteiger partial charge in [-0.05, 0) is 68.1 Å². The van der Waals surface area contributed by atoms with Crippen molar-refractivity contribution in [3.63, 3.8) is 0 Å². The summed E-state index contributed by atoms with van der Waals surface area (Å²) in [6.45, 7) is 10.9. The van der Waals surface area contributed by atoms with Gasteiger partial charge >= 0.3 is 0 Å². The van der Waals surface area contributed by atoms with Crippen molar-refractivity contribution in [2.75, 3.05) is 69.0 Å². The number of aromatic amines is 1. The maximum absolute atomic E-state index is 13.4. The Bertz CT molecular complexity index is 1890. The molecular weight excluding hydrogens is 614 g/mol. The van der Waals surface area contributed by atoms with E-state index < -0.39 is 0 Å². The van der Waals surface area contributed by atoms with E-state index in [1.54, 1.807) is 7.11 Å². The zero-order chi connectivity index (χ0) is 33.9. The van der Waals surface area contributed by atoms with Crippen LogP contribution in [0.15, 0.2) is 67.1 Å². The maximum Gasteiger partial charge on any atom is 0.257 e. The first-order chi connectivity index (χ1) is 23.9. The van der Waals surface area contributed by atoms with Gasteiger partial charge in [-0.25, -0.2) is 0 Å². The second-order valence-electron chi connectivity index (χ2n) is 13.1. The lowest BCUT2D eigenvalue weighted by Gasteiger charge is -2.42. The Hall–Kier alpha value is -4.87. The molecule has 2 aromatic carbocycles. The van der Waals surface area contributed by atoms with Crippen molar-refractivity contribution < 1.29 is 9.53 Å². The van der Waals surface area contributed by atoms with Crippen LogP contribution in [0.4, 0.5) is 23.0 Å². The summed E-state index contributed by atoms with van der Waals surface area (Å²) < 4.78 is 7.73. The van der Waals surface area contributed by atoms with E-state index in [1.807, 2.05) is 41.4 Å². The Balaban J connectivity index is 1.08. The fourth-order valence-electron chi connectivity index (χ4n) is 7.21. The largest absolute Gasteiger partial charge is 0.494 e. The molecule has 0 bridgehead atoms. The van der Waals surface area contributed by atoms with E-state index in [4.69, 9.17) is 14.7 Å². The molecule has 3 N–H and O–H groups in total. The molecule has 11 heteroatoms. The summed E-state index contributed by atoms with van der Waals surface area (Å²) in [5.41, 5.74) is 6.34. The number of fused-ring (bicyclic) bond motifs is 1. The van der Waals surface area contributed by atoms with Gasteiger partial charge in [0.15, 0.2) is 5.82 Å². The SMILES string of the molecule is CCc1cccc(CC)c1NC(=O)c1ccn(-c2nc(Nc3ccc(N4CCC(N5CCN(C)CC5)CC4)cc3OC)nc3[nH]ccc23)c1. The molecule has 0 spiro atoms. The van der Waals surface area contributed by atoms with E-state index in [0.717, 1.165) is 78.3 Å². The molecule has 2 aliphatic rings. The number of piperidine rings is 1. The van der Waals surface area contributed by atoms with Gasteiger partial charge < -0.3 is 34.7 Å². The molecule has 5 heterocycles. The van der Waals surface area contributed by atoms with Gasteiger partial charge in [0.2, 0.25) is 5.95 Å². The molecule has 1 amide bonds. The number of anilines is 4. The summed E-state index contributed by atoms with van der Waals surface area (Å²) in [7, 11) is 3.91. The van der Waals surface area contributed by atoms with Crippen molar-refractivity contribution >= 4 is 40.0 Å². The topological polar surface area (TPSA) is 107 Å². The van der Waals surface area contributed by atoms with Crippen molar-refractivity contribution in [3.8, 4) is 11.6 Å². The number of hydrogen-bond donors (Lipinski definition) is 3. The first-order valence-electron chi connectivity index (χ1n) is 17.5. The van der Waals surface area contributed by atoms with E-state index in [0.29, 0.717) is 29.0 Å². The van der Waals surface area contributed by atoms with Crippen LogP contribution < -0.4 is 20.3 Å². The molecular formula is C38H47N9O2. The number of likely N-dealkylation sites (N-methyl/N-ethyl adjacent to an activating group) is 1. The highest BCUT2D eigenvalue weighted by Crippen LogP contribution is 2.34. The third-order valence-corrected chi connectivity index (χ3v) is 10.1. The van der Waals surface area contributed by atoms with Gasteiger partial charge in [0.1, 0.15) is 11.4 Å². The molecule has 0 atom stereocenters. The second kappa shape index (κ2) is 14.3. The number of piperazine rings is 1. The number of methoxy groups -OCH3 is 1. The molecule has 5 aromatic rings. The number of nitrogens with one attached hydrogen (secondary N) is 3. The first kappa shape index (κ1) is 32.7. The molecule has 0 saturated carbocycles. The quantitative estimate of drug-likeness (QED) is 0.165. The molecule has 11 nitrogen and oxygen atoms in total. The smallest absolute Gasteiger partial charge is 0.257 e. The Labute approximate surface area is 288 Å². The number of amides is 1. The standard InChI is InChI=1S/C38H47N9O2/c1-5-26-8-7-9-27(6-2)34(26)41-37(48)28-13-17-47(25-28)36-31-12-16-39-35(31)42-38(43-36)40-32-11-10-30(24-33(32)49-4)45-18-14-29(15-19-45)46-22-20-44(3)21-23-46/h7-13,16-17,24-25,29H,5-6,14-15,18-23H2,1-4H3,(H,41,48)(H2,39,40,42,43). The maximum atomic E-state index is 13.4. The van der Waals surface area contributed by atoms with E-state index in [9.17, 15) is 4.79 Å². The van der Waals surface area contributed by atoms with E-state index in [1.165, 1.54) is 25.9 Å². The van der Waals surface area contributed by atoms with Crippen molar-refractivity contribution in [3.05, 3.63) is 83.8 Å². The van der Waals surface area contributed by atoms with Gasteiger partial charge in [-0.3, -0.25) is 9.69 Å². The predicted molar refractivity (Wildman–Crippen MR) is 197 cm³/mol. The van der Waals surface area contributed by atoms with Crippen LogP contribution in [0.3, 0.4) is 0 Å². The Morgan fingerprint density at radius 1 is 0.959 bits per heavy atom. The highest BCUT2D eigenvalue weighted by atomic mass is 16.5. The van der Waals surface area contributed by atoms with E-state index >= 15 is 0 Å². The summed E-state index contributed by atoms with van der Waals surface area (Å²) in [4.78, 5) is 33.9. The highest BCUT2D eigenvalue weighted by Gasteiger charge is 2.27. The van der Waals surface area contributed by atoms with Gasteiger partial charge in [-0.1, -0.05) is 32.0 Å². The first-order valence-corrected chi connectivity index (χ1v) is 17.5. The van der Waals surface area contributed by atoms with Crippen molar-refractivity contribution in [1.29, 1.82) is 0 Å². The van der Waals surface area contributed by atoms with Gasteiger partial charge in [0, 0.05) is 81.3 Å². The van der Waals surface area contributed by atoms with Crippen molar-refractivity contribution in [2.45, 2.75) is 45.6 Å². The van der Waals surface area contributed by atoms with Crippen LogP contribution in [0.1, 0.15) is 48.2 Å². The fourth-order valence-corrected chi connectivity index (χ4v) is 7.21. The number of carbonyl (C=O) groups excluding carboxylic acids is 1. The minimum atomic E-state index is -0.152. The van der Waals surface area contributed by atoms with E-state index in [-0.39, 0.29) is 5.91 Å². The van der Waals surface area contributed by atoms with Crippen LogP contribution in [-0.2, 0) is 12.8 Å². The molecule has 2 fully saturated rings. The minimum absolute atomic E-state index is 0.152. The minimum Gasteiger partial charge on any atom is -0.494 e. The molecule has 49 heavy (non-hydrogen) atoms. The molecule has 0 unspecified atom stereocenters. The van der Waals surface area contributed by atoms with Crippen molar-refractivity contribution in [2.24, 2.45) is 0 Å². The number of aromatic nitrogens is 4. The van der Waals surface area contributed by atoms with Gasteiger partial charge in [0.05, 0.1) is 23.7 Å². The van der Waals surface area contributed by atoms with Crippen LogP contribution >= 0.6 is 0 Å². The Morgan fingerprint density at radius 3 is 2.43 bits per heavy atom. The number of aryl methyl sites for hydroxylation is 2. The summed E-state index contributed by atoms with van der Waals surface area (Å²) in [6, 6.07) is 16.9. The average Bonchev–Trinajstić information content (AvgIpc) is 3.83. The fraction of sp³-hybridized carbons (Fsp3) is 0.395. The lowest BCUT2D eigenvalue weighted by atomic mass is 10.0. The average molecular weight is 662 g/mol. The monoisotopic (exact) mass is 661 g/mol. The zero-order valence-corrected chi connectivity index (χ0v) is 29.0. The third-order valence-electron chi connectivity index (χ3n) is 10.1. The molecule has 0 aliphatic carbocycles. The molecule has 256 valence electrons. The van der Waals surface area contributed by atoms with Crippen LogP contribution in [0, 0.1) is 0 Å². The van der Waals surface area contributed by atoms with Gasteiger partial charge in [-0.2, -0.15) is 9.97 Å². The van der Waals surface area contributed by atoms with Gasteiger partial charge in [0.25, 0.3) is 5.91 Å². The number of hydrogen-bond acceptors (Lipinski definition) is 8. The van der Waals surface area contributed by atoms with Crippen LogP contribution in [0.25, 0.3) is 16.9 Å². The molecule has 7 rings (SSSR count). The van der Waals surface area contributed by atoms with Crippen molar-refractivity contribution in [1.82, 2.24) is 29.3 Å². The van der Waals surface area contributed by atoms with Crippen LogP contribution in [-0.4, -0.2) is 94.7 Å². The number of ether oxygens (including phenoxy) is 1. The number of H-pyrrole nitrogens is 1. The molecule has 2 aliphatic heterocycles. The predicted octanol–water partition coefficient (Wildman–Crippen LogP) is 6.09. The van der Waals surface area contributed by atoms with Crippen LogP contribution in [0.5, 0.6) is 5.75 Å². The second-order valence-corrected chi connectivity index (χ2v) is 13.1. The Morgan fingerprint density at radius 2 is 1.71 bits per heavy atom. The highest BCUT2D eigenvalue weighted by molar-refractivity contribution is 6.05. The van der Waals surface area contributed by atoms with E-state index in [2.05, 4.69) is 81.5 Å². The zero-order valence-electron chi connectivity index (χ0n) is 29.0. The van der Waals surface area contributed by atoms with Crippen LogP contribution in [0.2, 0.25) is 0 Å². The molecule has 3 aromatic heterocycles. The summed E-state index contributed by atoms with van der Waals surface area (Å²) in [6.07, 6.45) is 9.56. The molecule has 0 radical (unpaired) electrons. The summed E-state index contributed by atoms with van der Waals surface area (Å²) in [5.74, 6) is 1.66. The summed E-state index contributed by atoms with van der Waals surface area (Å²) >= 11 is 0. The number of benzene rings is 2. The summed E-state index contributed by atoms with van der Waals surface area (Å²) in [5, 5.41) is 7.42. The normalized spacial score (nSPS) is 16.3. The molecule has 2 saturated heterocycles. The number of nitrogens with zero attached hydrogens (tertiary/aromatic N) is 6. The number of para-hydroxylation sites is 1. The van der Waals surface area contributed by atoms with Gasteiger partial charge in [-0.15, -0.1) is 0 Å². The number of carbonyl (C=O) groups is 1. The number of rotatable bonds is 10. The lowest BCUT2D eigenvalue weighted by Crippen LogP contribution is -2.52. The third kappa shape index (κ3) is 6.86. The lowest BCUT2D eigenvalue weighted by molar-refractivity contribution is 0.0982.